The summed E-state index contributed by atoms with van der Waals surface area (Å²) in [6, 6.07) is 7.78. The normalized spacial score (nSPS) is 11.5. The lowest BCUT2D eigenvalue weighted by Crippen LogP contribution is -2.28. The molecule has 31 heavy (non-hydrogen) atoms. The van der Waals surface area contributed by atoms with Gasteiger partial charge in [-0.15, -0.1) is 5.10 Å². The minimum atomic E-state index is -0.479. The molecule has 0 unspecified atom stereocenters. The van der Waals surface area contributed by atoms with Gasteiger partial charge in [0.2, 0.25) is 11.6 Å². The second-order valence-corrected chi connectivity index (χ2v) is 7.16. The van der Waals surface area contributed by atoms with E-state index in [0.717, 1.165) is 37.1 Å². The van der Waals surface area contributed by atoms with Gasteiger partial charge in [-0.1, -0.05) is 48.9 Å². The van der Waals surface area contributed by atoms with E-state index in [9.17, 15) is 4.79 Å². The van der Waals surface area contributed by atoms with Gasteiger partial charge in [-0.3, -0.25) is 9.69 Å². The minimum absolute atomic E-state index is 0.0630. The summed E-state index contributed by atoms with van der Waals surface area (Å²) in [6.07, 6.45) is 3.51. The number of nitrogens with one attached hydrogen (secondary N) is 1. The van der Waals surface area contributed by atoms with E-state index in [0.29, 0.717) is 12.2 Å². The maximum atomic E-state index is 12.8. The fourth-order valence-electron chi connectivity index (χ4n) is 3.11. The van der Waals surface area contributed by atoms with Gasteiger partial charge in [-0.25, -0.2) is 10.1 Å². The summed E-state index contributed by atoms with van der Waals surface area (Å²) in [5, 5.41) is 19.6. The van der Waals surface area contributed by atoms with Crippen molar-refractivity contribution in [1.29, 1.82) is 0 Å². The zero-order chi connectivity index (χ0) is 22.2. The maximum Gasteiger partial charge on any atom is 0.293 e. The first kappa shape index (κ1) is 22.1. The average Bonchev–Trinajstić information content (AvgIpc) is 3.35. The molecule has 1 aromatic carbocycles. The number of carbonyl (C=O) groups excluding carboxylic acids is 1. The van der Waals surface area contributed by atoms with E-state index in [2.05, 4.69) is 49.9 Å². The zero-order valence-electron chi connectivity index (χ0n) is 17.9. The molecule has 11 nitrogen and oxygen atoms in total. The summed E-state index contributed by atoms with van der Waals surface area (Å²) in [5.74, 6) is -0.224. The number of benzene rings is 1. The van der Waals surface area contributed by atoms with Crippen molar-refractivity contribution in [2.45, 2.75) is 40.2 Å². The van der Waals surface area contributed by atoms with Gasteiger partial charge < -0.3 is 5.73 Å². The van der Waals surface area contributed by atoms with E-state index in [1.165, 1.54) is 4.68 Å². The SMILES string of the molecule is CCCN(CCC)Cc1c(C(=O)N/N=C/c2ccc(C)cc2)nnn1-c1nonc1N. The number of amides is 1. The van der Waals surface area contributed by atoms with Gasteiger partial charge >= 0.3 is 0 Å². The number of carbonyl (C=O) groups is 1. The molecular formula is C20H27N9O2. The molecule has 0 aliphatic heterocycles. The Balaban J connectivity index is 1.86. The second kappa shape index (κ2) is 10.4. The molecule has 164 valence electrons. The van der Waals surface area contributed by atoms with E-state index in [-0.39, 0.29) is 17.3 Å². The van der Waals surface area contributed by atoms with Crippen molar-refractivity contribution in [3.8, 4) is 5.82 Å². The summed E-state index contributed by atoms with van der Waals surface area (Å²) in [6.45, 7) is 8.36. The van der Waals surface area contributed by atoms with Crippen LogP contribution in [0, 0.1) is 6.92 Å². The van der Waals surface area contributed by atoms with Crippen LogP contribution >= 0.6 is 0 Å². The largest absolute Gasteiger partial charge is 0.378 e. The number of hydrogen-bond acceptors (Lipinski definition) is 9. The van der Waals surface area contributed by atoms with Crippen molar-refractivity contribution in [2.24, 2.45) is 5.10 Å². The molecule has 2 heterocycles. The summed E-state index contributed by atoms with van der Waals surface area (Å²) in [5.41, 5.74) is 11.0. The Bertz CT molecular complexity index is 1020. The molecule has 3 rings (SSSR count). The Morgan fingerprint density at radius 3 is 2.55 bits per heavy atom. The maximum absolute atomic E-state index is 12.8. The summed E-state index contributed by atoms with van der Waals surface area (Å²) >= 11 is 0. The number of aryl methyl sites for hydroxylation is 1. The monoisotopic (exact) mass is 425 g/mol. The third-order valence-corrected chi connectivity index (χ3v) is 4.58. The molecule has 0 radical (unpaired) electrons. The predicted molar refractivity (Wildman–Crippen MR) is 116 cm³/mol. The van der Waals surface area contributed by atoms with Crippen LogP contribution in [-0.4, -0.2) is 55.4 Å². The van der Waals surface area contributed by atoms with E-state index in [1.807, 2.05) is 31.2 Å². The fraction of sp³-hybridized carbons (Fsp3) is 0.400. The van der Waals surface area contributed by atoms with Crippen LogP contribution in [0.2, 0.25) is 0 Å². The minimum Gasteiger partial charge on any atom is -0.378 e. The van der Waals surface area contributed by atoms with Crippen molar-refractivity contribution in [3.63, 3.8) is 0 Å². The number of rotatable bonds is 10. The molecule has 0 fully saturated rings. The molecule has 0 saturated carbocycles. The molecule has 0 aliphatic rings. The predicted octanol–water partition coefficient (Wildman–Crippen LogP) is 1.93. The van der Waals surface area contributed by atoms with Crippen LogP contribution < -0.4 is 11.2 Å². The van der Waals surface area contributed by atoms with Crippen LogP contribution in [0.1, 0.15) is 54.0 Å². The van der Waals surface area contributed by atoms with Gasteiger partial charge in [-0.05, 0) is 48.7 Å². The van der Waals surface area contributed by atoms with E-state index in [4.69, 9.17) is 10.4 Å². The average molecular weight is 425 g/mol. The molecule has 11 heteroatoms. The number of nitrogens with zero attached hydrogens (tertiary/aromatic N) is 7. The van der Waals surface area contributed by atoms with Gasteiger partial charge in [0.25, 0.3) is 5.91 Å². The van der Waals surface area contributed by atoms with Crippen molar-refractivity contribution >= 4 is 17.9 Å². The first-order valence-corrected chi connectivity index (χ1v) is 10.2. The molecule has 0 spiro atoms. The van der Waals surface area contributed by atoms with E-state index >= 15 is 0 Å². The van der Waals surface area contributed by atoms with Crippen LogP contribution in [0.25, 0.3) is 5.82 Å². The standard InChI is InChI=1S/C20H27N9O2/c1-4-10-28(11-5-2)13-16-17(23-27-29(16)19-18(21)25-31-26-19)20(30)24-22-12-15-8-6-14(3)7-9-15/h6-9,12H,4-5,10-11,13H2,1-3H3,(H2,21,25)(H,24,30)/b22-12+. The highest BCUT2D eigenvalue weighted by atomic mass is 16.6. The molecule has 0 aliphatic carbocycles. The Hall–Kier alpha value is -3.60. The number of hydrogen-bond donors (Lipinski definition) is 2. The third kappa shape index (κ3) is 5.51. The second-order valence-electron chi connectivity index (χ2n) is 7.16. The Labute approximate surface area is 180 Å². The first-order chi connectivity index (χ1) is 15.0. The van der Waals surface area contributed by atoms with Crippen LogP contribution in [0.15, 0.2) is 34.0 Å². The molecule has 2 aromatic heterocycles. The molecule has 0 atom stereocenters. The topological polar surface area (TPSA) is 140 Å². The lowest BCUT2D eigenvalue weighted by Gasteiger charge is -2.21. The van der Waals surface area contributed by atoms with Gasteiger partial charge in [0.1, 0.15) is 0 Å². The van der Waals surface area contributed by atoms with E-state index in [1.54, 1.807) is 6.21 Å². The number of hydrazone groups is 1. The molecule has 3 N–H and O–H groups in total. The van der Waals surface area contributed by atoms with Crippen LogP contribution in [-0.2, 0) is 6.54 Å². The number of anilines is 1. The van der Waals surface area contributed by atoms with Crippen LogP contribution in [0.3, 0.4) is 0 Å². The number of aromatic nitrogens is 5. The highest BCUT2D eigenvalue weighted by Crippen LogP contribution is 2.18. The number of nitrogen functional groups attached to an aromatic ring is 1. The van der Waals surface area contributed by atoms with Gasteiger partial charge in [0.15, 0.2) is 5.69 Å². The molecular weight excluding hydrogens is 398 g/mol. The Kier molecular flexibility index (Phi) is 7.44. The van der Waals surface area contributed by atoms with E-state index < -0.39 is 5.91 Å². The molecule has 1 amide bonds. The molecule has 0 saturated heterocycles. The lowest BCUT2D eigenvalue weighted by atomic mass is 10.2. The highest BCUT2D eigenvalue weighted by Gasteiger charge is 2.25. The molecule has 0 bridgehead atoms. The smallest absolute Gasteiger partial charge is 0.293 e. The lowest BCUT2D eigenvalue weighted by molar-refractivity contribution is 0.0947. The fourth-order valence-corrected chi connectivity index (χ4v) is 3.11. The van der Waals surface area contributed by atoms with Crippen molar-refractivity contribution in [1.82, 2.24) is 35.6 Å². The van der Waals surface area contributed by atoms with Crippen molar-refractivity contribution in [2.75, 3.05) is 18.8 Å². The summed E-state index contributed by atoms with van der Waals surface area (Å²) in [7, 11) is 0. The van der Waals surface area contributed by atoms with Crippen LogP contribution in [0.5, 0.6) is 0 Å². The van der Waals surface area contributed by atoms with Crippen LogP contribution in [0.4, 0.5) is 5.82 Å². The van der Waals surface area contributed by atoms with Gasteiger partial charge in [-0.2, -0.15) is 9.78 Å². The van der Waals surface area contributed by atoms with Gasteiger partial charge in [0.05, 0.1) is 11.9 Å². The van der Waals surface area contributed by atoms with Crippen molar-refractivity contribution < 1.29 is 9.42 Å². The molecule has 3 aromatic rings. The zero-order valence-corrected chi connectivity index (χ0v) is 17.9. The summed E-state index contributed by atoms with van der Waals surface area (Å²) < 4.78 is 6.09. The highest BCUT2D eigenvalue weighted by molar-refractivity contribution is 5.94. The Morgan fingerprint density at radius 1 is 1.23 bits per heavy atom. The summed E-state index contributed by atoms with van der Waals surface area (Å²) in [4.78, 5) is 15.0. The van der Waals surface area contributed by atoms with Gasteiger partial charge in [0, 0.05) is 6.54 Å². The number of nitrogens with two attached hydrogens (primary N) is 1. The quantitative estimate of drug-likeness (QED) is 0.371. The third-order valence-electron chi connectivity index (χ3n) is 4.58. The Morgan fingerprint density at radius 2 is 1.94 bits per heavy atom. The first-order valence-electron chi connectivity index (χ1n) is 10.2. The van der Waals surface area contributed by atoms with Crippen molar-refractivity contribution in [3.05, 3.63) is 46.8 Å².